The molecule has 0 spiro atoms. The first-order valence-electron chi connectivity index (χ1n) is 3.29. The highest BCUT2D eigenvalue weighted by molar-refractivity contribution is 7.47. The number of nitrogens with zero attached hydrogens (tertiary/aromatic N) is 2. The summed E-state index contributed by atoms with van der Waals surface area (Å²) < 4.78 is 20.9. The quantitative estimate of drug-likeness (QED) is 0.701. The van der Waals surface area contributed by atoms with Gasteiger partial charge < -0.3 is 4.62 Å². The number of phosphoric acid groups is 1. The Hall–Kier alpha value is -0.840. The molecular formula is C5H9N2O4P. The minimum Gasteiger partial charge on any atom is -0.310 e. The average molecular weight is 192 g/mol. The molecule has 0 radical (unpaired) electrons. The molecule has 1 heterocycles. The molecule has 1 atom stereocenters. The van der Waals surface area contributed by atoms with Gasteiger partial charge in [0.1, 0.15) is 6.33 Å². The Bertz CT molecular complexity index is 273. The molecule has 6 nitrogen and oxygen atoms in total. The summed E-state index contributed by atoms with van der Waals surface area (Å²) in [7, 11) is -3.96. The van der Waals surface area contributed by atoms with Crippen LogP contribution in [0.25, 0.3) is 0 Å². The molecule has 0 saturated carbocycles. The van der Waals surface area contributed by atoms with Crippen LogP contribution in [0.1, 0.15) is 6.92 Å². The Balaban J connectivity index is 2.56. The lowest BCUT2D eigenvalue weighted by atomic mass is 10.9. The van der Waals surface area contributed by atoms with Crippen molar-refractivity contribution in [2.24, 2.45) is 0 Å². The fourth-order valence-corrected chi connectivity index (χ4v) is 1.31. The van der Waals surface area contributed by atoms with Crippen molar-refractivity contribution < 1.29 is 18.6 Å². The molecule has 1 aromatic heterocycles. The van der Waals surface area contributed by atoms with Gasteiger partial charge in [-0.05, 0) is 6.92 Å². The Morgan fingerprint density at radius 3 is 3.00 bits per heavy atom. The first-order valence-corrected chi connectivity index (χ1v) is 4.79. The summed E-state index contributed by atoms with van der Waals surface area (Å²) in [6.45, 7) is 1.71. The van der Waals surface area contributed by atoms with Crippen LogP contribution in [0.5, 0.6) is 0 Å². The highest BCUT2D eigenvalue weighted by Gasteiger charge is 2.21. The van der Waals surface area contributed by atoms with E-state index in [-0.39, 0.29) is 6.61 Å². The van der Waals surface area contributed by atoms with Crippen molar-refractivity contribution in [1.82, 2.24) is 9.71 Å². The minimum absolute atomic E-state index is 0.114. The SMILES string of the molecule is CCOP(=O)(O)On1ccnc1. The molecule has 0 aliphatic carbocycles. The van der Waals surface area contributed by atoms with E-state index in [2.05, 4.69) is 14.1 Å². The van der Waals surface area contributed by atoms with Crippen molar-refractivity contribution in [2.45, 2.75) is 6.92 Å². The van der Waals surface area contributed by atoms with Crippen LogP contribution >= 0.6 is 7.82 Å². The van der Waals surface area contributed by atoms with Gasteiger partial charge >= 0.3 is 7.82 Å². The van der Waals surface area contributed by atoms with Crippen molar-refractivity contribution in [3.63, 3.8) is 0 Å². The van der Waals surface area contributed by atoms with Gasteiger partial charge in [-0.15, -0.1) is 0 Å². The Kier molecular flexibility index (Phi) is 2.86. The largest absolute Gasteiger partial charge is 0.546 e. The van der Waals surface area contributed by atoms with Gasteiger partial charge in [0, 0.05) is 6.20 Å². The Morgan fingerprint density at radius 2 is 2.50 bits per heavy atom. The molecule has 0 fully saturated rings. The third-order valence-corrected chi connectivity index (χ3v) is 1.95. The predicted molar refractivity (Wildman–Crippen MR) is 40.3 cm³/mol. The van der Waals surface area contributed by atoms with E-state index >= 15 is 0 Å². The highest BCUT2D eigenvalue weighted by Crippen LogP contribution is 2.38. The van der Waals surface area contributed by atoms with Gasteiger partial charge in [-0.1, -0.05) is 0 Å². The van der Waals surface area contributed by atoms with Crippen LogP contribution in [-0.2, 0) is 9.09 Å². The van der Waals surface area contributed by atoms with Crippen LogP contribution in [0, 0.1) is 0 Å². The predicted octanol–water partition coefficient (Wildman–Crippen LogP) is 0.449. The van der Waals surface area contributed by atoms with E-state index in [0.717, 1.165) is 4.73 Å². The van der Waals surface area contributed by atoms with Gasteiger partial charge in [0.05, 0.1) is 12.8 Å². The summed E-state index contributed by atoms with van der Waals surface area (Å²) in [5, 5.41) is 0. The normalized spacial score (nSPS) is 15.5. The van der Waals surface area contributed by atoms with Crippen molar-refractivity contribution in [1.29, 1.82) is 0 Å². The molecular weight excluding hydrogens is 183 g/mol. The lowest BCUT2D eigenvalue weighted by Gasteiger charge is -2.10. The van der Waals surface area contributed by atoms with Crippen molar-refractivity contribution in [2.75, 3.05) is 6.61 Å². The fourth-order valence-electron chi connectivity index (χ4n) is 0.601. The van der Waals surface area contributed by atoms with Gasteiger partial charge in [0.15, 0.2) is 0 Å². The standard InChI is InChI=1S/C5H9N2O4P/c1-2-10-12(8,9)11-7-4-3-6-5-7/h3-5H,2H2,1H3,(H,8,9). The molecule has 1 unspecified atom stereocenters. The molecule has 1 aromatic rings. The van der Waals surface area contributed by atoms with Crippen LogP contribution in [0.15, 0.2) is 18.7 Å². The molecule has 0 aliphatic heterocycles. The summed E-state index contributed by atoms with van der Waals surface area (Å²) in [6.07, 6.45) is 4.07. The number of hydrogen-bond acceptors (Lipinski definition) is 4. The van der Waals surface area contributed by atoms with Crippen molar-refractivity contribution >= 4 is 7.82 Å². The van der Waals surface area contributed by atoms with Gasteiger partial charge in [-0.3, -0.25) is 9.42 Å². The smallest absolute Gasteiger partial charge is 0.310 e. The van der Waals surface area contributed by atoms with E-state index in [0.29, 0.717) is 0 Å². The van der Waals surface area contributed by atoms with E-state index in [4.69, 9.17) is 4.89 Å². The molecule has 12 heavy (non-hydrogen) atoms. The maximum absolute atomic E-state index is 10.9. The first-order chi connectivity index (χ1) is 5.64. The molecule has 1 rings (SSSR count). The molecule has 0 saturated heterocycles. The van der Waals surface area contributed by atoms with Gasteiger partial charge in [-0.2, -0.15) is 4.73 Å². The minimum atomic E-state index is -3.96. The molecule has 0 aliphatic rings. The second-order valence-corrected chi connectivity index (χ2v) is 3.25. The van der Waals surface area contributed by atoms with Crippen LogP contribution < -0.4 is 4.62 Å². The summed E-state index contributed by atoms with van der Waals surface area (Å²) >= 11 is 0. The van der Waals surface area contributed by atoms with Gasteiger partial charge in [0.25, 0.3) is 0 Å². The molecule has 0 amide bonds. The van der Waals surface area contributed by atoms with Crippen molar-refractivity contribution in [3.8, 4) is 0 Å². The maximum atomic E-state index is 10.9. The average Bonchev–Trinajstić information content (AvgIpc) is 2.38. The third kappa shape index (κ3) is 2.65. The number of imidazole rings is 1. The van der Waals surface area contributed by atoms with Gasteiger partial charge in [0.2, 0.25) is 0 Å². The lowest BCUT2D eigenvalue weighted by molar-refractivity contribution is 0.142. The highest BCUT2D eigenvalue weighted by atomic mass is 31.2. The topological polar surface area (TPSA) is 73.6 Å². The number of phosphoric ester groups is 1. The van der Waals surface area contributed by atoms with Crippen molar-refractivity contribution in [3.05, 3.63) is 18.7 Å². The summed E-state index contributed by atoms with van der Waals surface area (Å²) in [5.41, 5.74) is 0. The van der Waals surface area contributed by atoms with Crippen LogP contribution in [0.2, 0.25) is 0 Å². The molecule has 1 N–H and O–H groups in total. The zero-order valence-corrected chi connectivity index (χ0v) is 7.35. The maximum Gasteiger partial charge on any atom is 0.546 e. The molecule has 0 aromatic carbocycles. The zero-order valence-electron chi connectivity index (χ0n) is 6.45. The Labute approximate surface area is 69.3 Å². The zero-order chi connectivity index (χ0) is 9.03. The van der Waals surface area contributed by atoms with Crippen LogP contribution in [0.4, 0.5) is 0 Å². The van der Waals surface area contributed by atoms with E-state index < -0.39 is 7.82 Å². The number of aromatic nitrogens is 2. The summed E-state index contributed by atoms with van der Waals surface area (Å²) in [6, 6.07) is 0. The first kappa shape index (κ1) is 9.25. The van der Waals surface area contributed by atoms with E-state index in [1.807, 2.05) is 0 Å². The Morgan fingerprint density at radius 1 is 1.75 bits per heavy atom. The molecule has 7 heteroatoms. The monoisotopic (exact) mass is 192 g/mol. The van der Waals surface area contributed by atoms with E-state index in [1.165, 1.54) is 18.7 Å². The second kappa shape index (κ2) is 3.71. The number of rotatable bonds is 4. The van der Waals surface area contributed by atoms with Crippen LogP contribution in [-0.4, -0.2) is 21.2 Å². The second-order valence-electron chi connectivity index (χ2n) is 1.89. The van der Waals surface area contributed by atoms with Gasteiger partial charge in [-0.25, -0.2) is 9.55 Å². The third-order valence-electron chi connectivity index (χ3n) is 0.970. The fraction of sp³-hybridized carbons (Fsp3) is 0.400. The summed E-state index contributed by atoms with van der Waals surface area (Å²) in [5.74, 6) is 0. The molecule has 68 valence electrons. The number of hydrogen-bond donors (Lipinski definition) is 1. The lowest BCUT2D eigenvalue weighted by Crippen LogP contribution is -2.08. The van der Waals surface area contributed by atoms with E-state index in [1.54, 1.807) is 6.92 Å². The molecule has 0 bridgehead atoms. The summed E-state index contributed by atoms with van der Waals surface area (Å²) in [4.78, 5) is 12.6. The van der Waals surface area contributed by atoms with Crippen LogP contribution in [0.3, 0.4) is 0 Å². The van der Waals surface area contributed by atoms with E-state index in [9.17, 15) is 4.57 Å².